The van der Waals surface area contributed by atoms with Crippen molar-refractivity contribution in [3.05, 3.63) is 53.7 Å². The molecule has 1 aromatic carbocycles. The number of nitrogens with one attached hydrogen (secondary N) is 1. The molecule has 4 nitrogen and oxygen atoms in total. The van der Waals surface area contributed by atoms with Gasteiger partial charge in [-0.2, -0.15) is 0 Å². The molecule has 1 N–H and O–H groups in total. The second kappa shape index (κ2) is 6.29. The maximum atomic E-state index is 12.8. The summed E-state index contributed by atoms with van der Waals surface area (Å²) in [5.41, 5.74) is 1.39. The quantitative estimate of drug-likeness (QED) is 0.530. The van der Waals surface area contributed by atoms with Crippen LogP contribution in [0.4, 0.5) is 4.39 Å². The molecule has 0 amide bonds. The Balaban J connectivity index is 2.11. The SMILES string of the molecule is COC(=N)c1nccnc1SCc1ccc(F)cc1. The van der Waals surface area contributed by atoms with Crippen molar-refractivity contribution in [2.75, 3.05) is 7.11 Å². The summed E-state index contributed by atoms with van der Waals surface area (Å²) in [6.07, 6.45) is 3.09. The number of rotatable bonds is 4. The van der Waals surface area contributed by atoms with Crippen molar-refractivity contribution in [2.24, 2.45) is 0 Å². The van der Waals surface area contributed by atoms with E-state index in [0.29, 0.717) is 16.5 Å². The lowest BCUT2D eigenvalue weighted by Crippen LogP contribution is -2.07. The van der Waals surface area contributed by atoms with Gasteiger partial charge in [0.2, 0.25) is 5.90 Å². The van der Waals surface area contributed by atoms with Crippen molar-refractivity contribution >= 4 is 17.7 Å². The van der Waals surface area contributed by atoms with Gasteiger partial charge in [-0.05, 0) is 17.7 Å². The van der Waals surface area contributed by atoms with E-state index in [1.807, 2.05) is 0 Å². The maximum Gasteiger partial charge on any atom is 0.234 e. The Bertz CT molecular complexity index is 574. The van der Waals surface area contributed by atoms with Crippen molar-refractivity contribution in [3.63, 3.8) is 0 Å². The van der Waals surface area contributed by atoms with Gasteiger partial charge in [0.05, 0.1) is 7.11 Å². The fourth-order valence-electron chi connectivity index (χ4n) is 1.42. The molecule has 19 heavy (non-hydrogen) atoms. The molecule has 0 spiro atoms. The Morgan fingerprint density at radius 2 is 1.95 bits per heavy atom. The molecule has 0 atom stereocenters. The fourth-order valence-corrected chi connectivity index (χ4v) is 2.33. The van der Waals surface area contributed by atoms with Crippen LogP contribution in [0.25, 0.3) is 0 Å². The molecule has 0 aliphatic rings. The van der Waals surface area contributed by atoms with E-state index in [4.69, 9.17) is 10.1 Å². The number of benzene rings is 1. The van der Waals surface area contributed by atoms with Crippen LogP contribution < -0.4 is 0 Å². The van der Waals surface area contributed by atoms with Crippen LogP contribution in [0.15, 0.2) is 41.7 Å². The van der Waals surface area contributed by atoms with Crippen molar-refractivity contribution in [2.45, 2.75) is 10.8 Å². The zero-order valence-electron chi connectivity index (χ0n) is 10.3. The normalized spacial score (nSPS) is 10.2. The summed E-state index contributed by atoms with van der Waals surface area (Å²) in [5.74, 6) is 0.355. The van der Waals surface area contributed by atoms with E-state index in [2.05, 4.69) is 9.97 Å². The topological polar surface area (TPSA) is 58.9 Å². The second-order valence-corrected chi connectivity index (χ2v) is 4.62. The summed E-state index contributed by atoms with van der Waals surface area (Å²) < 4.78 is 17.7. The van der Waals surface area contributed by atoms with Gasteiger partial charge < -0.3 is 4.74 Å². The molecule has 1 aromatic heterocycles. The van der Waals surface area contributed by atoms with E-state index in [1.165, 1.54) is 37.2 Å². The number of hydrogen-bond acceptors (Lipinski definition) is 5. The van der Waals surface area contributed by atoms with Crippen LogP contribution in [0.2, 0.25) is 0 Å². The predicted molar refractivity (Wildman–Crippen MR) is 71.8 cm³/mol. The van der Waals surface area contributed by atoms with Gasteiger partial charge >= 0.3 is 0 Å². The smallest absolute Gasteiger partial charge is 0.234 e. The lowest BCUT2D eigenvalue weighted by Gasteiger charge is -2.07. The summed E-state index contributed by atoms with van der Waals surface area (Å²) >= 11 is 1.43. The first-order valence-electron chi connectivity index (χ1n) is 5.52. The molecule has 0 aliphatic carbocycles. The Morgan fingerprint density at radius 3 is 2.63 bits per heavy atom. The van der Waals surface area contributed by atoms with Crippen molar-refractivity contribution in [1.82, 2.24) is 9.97 Å². The standard InChI is InChI=1S/C13H12FN3OS/c1-18-12(15)11-13(17-7-6-16-11)19-8-9-2-4-10(14)5-3-9/h2-7,15H,8H2,1H3. The van der Waals surface area contributed by atoms with Crippen LogP contribution in [0.5, 0.6) is 0 Å². The minimum absolute atomic E-state index is 0.0188. The van der Waals surface area contributed by atoms with E-state index < -0.39 is 0 Å². The molecule has 98 valence electrons. The number of thioether (sulfide) groups is 1. The van der Waals surface area contributed by atoms with E-state index >= 15 is 0 Å². The number of halogens is 1. The highest BCUT2D eigenvalue weighted by molar-refractivity contribution is 7.98. The third-order valence-corrected chi connectivity index (χ3v) is 3.42. The van der Waals surface area contributed by atoms with Crippen LogP contribution in [0.1, 0.15) is 11.3 Å². The number of ether oxygens (including phenoxy) is 1. The van der Waals surface area contributed by atoms with E-state index in [0.717, 1.165) is 5.56 Å². The summed E-state index contributed by atoms with van der Waals surface area (Å²) in [4.78, 5) is 8.27. The zero-order valence-corrected chi connectivity index (χ0v) is 11.1. The van der Waals surface area contributed by atoms with E-state index in [-0.39, 0.29) is 11.7 Å². The van der Waals surface area contributed by atoms with Crippen molar-refractivity contribution in [1.29, 1.82) is 5.41 Å². The molecule has 2 aromatic rings. The summed E-state index contributed by atoms with van der Waals surface area (Å²) in [6.45, 7) is 0. The highest BCUT2D eigenvalue weighted by atomic mass is 32.2. The van der Waals surface area contributed by atoms with Crippen LogP contribution >= 0.6 is 11.8 Å². The van der Waals surface area contributed by atoms with Gasteiger partial charge in [-0.1, -0.05) is 23.9 Å². The van der Waals surface area contributed by atoms with Crippen LogP contribution in [-0.4, -0.2) is 23.0 Å². The van der Waals surface area contributed by atoms with Gasteiger partial charge in [-0.3, -0.25) is 5.41 Å². The predicted octanol–water partition coefficient (Wildman–Crippen LogP) is 2.88. The van der Waals surface area contributed by atoms with Crippen LogP contribution in [0.3, 0.4) is 0 Å². The van der Waals surface area contributed by atoms with Gasteiger partial charge in [0, 0.05) is 18.1 Å². The molecular weight excluding hydrogens is 265 g/mol. The molecule has 0 aliphatic heterocycles. The maximum absolute atomic E-state index is 12.8. The third-order valence-electron chi connectivity index (χ3n) is 2.37. The first kappa shape index (κ1) is 13.5. The Labute approximate surface area is 114 Å². The molecule has 6 heteroatoms. The molecule has 0 saturated heterocycles. The van der Waals surface area contributed by atoms with Crippen LogP contribution in [0, 0.1) is 11.2 Å². The number of nitrogens with zero attached hydrogens (tertiary/aromatic N) is 2. The zero-order chi connectivity index (χ0) is 13.7. The molecule has 0 fully saturated rings. The van der Waals surface area contributed by atoms with Gasteiger partial charge in [0.1, 0.15) is 10.8 Å². The first-order valence-corrected chi connectivity index (χ1v) is 6.50. The highest BCUT2D eigenvalue weighted by Crippen LogP contribution is 2.23. The lowest BCUT2D eigenvalue weighted by atomic mass is 10.2. The van der Waals surface area contributed by atoms with Gasteiger partial charge in [-0.15, -0.1) is 0 Å². The van der Waals surface area contributed by atoms with Crippen molar-refractivity contribution < 1.29 is 9.13 Å². The molecule has 0 unspecified atom stereocenters. The Kier molecular flexibility index (Phi) is 4.46. The van der Waals surface area contributed by atoms with Gasteiger partial charge in [-0.25, -0.2) is 14.4 Å². The molecule has 0 saturated carbocycles. The molecule has 1 heterocycles. The van der Waals surface area contributed by atoms with E-state index in [9.17, 15) is 4.39 Å². The lowest BCUT2D eigenvalue weighted by molar-refractivity contribution is 0.398. The largest absolute Gasteiger partial charge is 0.480 e. The third kappa shape index (κ3) is 3.51. The van der Waals surface area contributed by atoms with E-state index in [1.54, 1.807) is 18.3 Å². The summed E-state index contributed by atoms with van der Waals surface area (Å²) in [5, 5.41) is 8.27. The molecule has 0 radical (unpaired) electrons. The molecule has 2 rings (SSSR count). The average molecular weight is 277 g/mol. The number of hydrogen-bond donors (Lipinski definition) is 1. The van der Waals surface area contributed by atoms with Gasteiger partial charge in [0.25, 0.3) is 0 Å². The van der Waals surface area contributed by atoms with Crippen LogP contribution in [-0.2, 0) is 10.5 Å². The Morgan fingerprint density at radius 1 is 1.26 bits per heavy atom. The monoisotopic (exact) mass is 277 g/mol. The second-order valence-electron chi connectivity index (χ2n) is 3.66. The summed E-state index contributed by atoms with van der Waals surface area (Å²) in [6, 6.07) is 6.29. The summed E-state index contributed by atoms with van der Waals surface area (Å²) in [7, 11) is 1.42. The molecular formula is C13H12FN3OS. The fraction of sp³-hybridized carbons (Fsp3) is 0.154. The minimum atomic E-state index is -0.255. The number of aromatic nitrogens is 2. The highest BCUT2D eigenvalue weighted by Gasteiger charge is 2.11. The average Bonchev–Trinajstić information content (AvgIpc) is 2.46. The number of methoxy groups -OCH3 is 1. The van der Waals surface area contributed by atoms with Gasteiger partial charge in [0.15, 0.2) is 5.69 Å². The Hall–Kier alpha value is -1.95. The minimum Gasteiger partial charge on any atom is -0.480 e. The van der Waals surface area contributed by atoms with Crippen molar-refractivity contribution in [3.8, 4) is 0 Å². The molecule has 0 bridgehead atoms. The first-order chi connectivity index (χ1) is 9.20.